The van der Waals surface area contributed by atoms with Crippen LogP contribution in [-0.4, -0.2) is 24.7 Å². The fourth-order valence-corrected chi connectivity index (χ4v) is 8.03. The van der Waals surface area contributed by atoms with E-state index in [2.05, 4.69) is 44.8 Å². The van der Waals surface area contributed by atoms with Gasteiger partial charge in [-0.1, -0.05) is 49.9 Å². The molecular formula is C15H28OSi2. The predicted molar refractivity (Wildman–Crippen MR) is 87.6 cm³/mol. The highest BCUT2D eigenvalue weighted by atomic mass is 28.4. The molecule has 0 aliphatic rings. The Morgan fingerprint density at radius 1 is 1.22 bits per heavy atom. The number of benzene rings is 1. The van der Waals surface area contributed by atoms with Crippen LogP contribution in [0.5, 0.6) is 5.75 Å². The molecule has 0 N–H and O–H groups in total. The number of aryl methyl sites for hydroxylation is 2. The van der Waals surface area contributed by atoms with Crippen molar-refractivity contribution in [2.45, 2.75) is 51.1 Å². The van der Waals surface area contributed by atoms with Crippen molar-refractivity contribution in [3.05, 3.63) is 29.3 Å². The second-order valence-electron chi connectivity index (χ2n) is 6.43. The van der Waals surface area contributed by atoms with Crippen LogP contribution in [0.2, 0.25) is 31.4 Å². The molecule has 0 atom stereocenters. The van der Waals surface area contributed by atoms with Crippen LogP contribution >= 0.6 is 0 Å². The Balaban J connectivity index is 2.31. The highest BCUT2D eigenvalue weighted by Gasteiger charge is 2.11. The fraction of sp³-hybridized carbons (Fsp3) is 0.600. The van der Waals surface area contributed by atoms with E-state index in [0.29, 0.717) is 0 Å². The quantitative estimate of drug-likeness (QED) is 0.545. The van der Waals surface area contributed by atoms with Crippen molar-refractivity contribution in [3.63, 3.8) is 0 Å². The Kier molecular flexibility index (Phi) is 6.16. The minimum atomic E-state index is -0.767. The highest BCUT2D eigenvalue weighted by molar-refractivity contribution is 6.83. The van der Waals surface area contributed by atoms with Crippen molar-refractivity contribution in [1.82, 2.24) is 0 Å². The van der Waals surface area contributed by atoms with E-state index < -0.39 is 8.07 Å². The van der Waals surface area contributed by atoms with Crippen molar-refractivity contribution in [3.8, 4) is 5.75 Å². The molecule has 1 aromatic carbocycles. The predicted octanol–water partition coefficient (Wildman–Crippen LogP) is 3.82. The van der Waals surface area contributed by atoms with Crippen LogP contribution in [0.4, 0.5) is 0 Å². The van der Waals surface area contributed by atoms with E-state index in [4.69, 9.17) is 4.74 Å². The summed E-state index contributed by atoms with van der Waals surface area (Å²) in [5, 5.41) is 0. The average molecular weight is 281 g/mol. The van der Waals surface area contributed by atoms with E-state index in [1.165, 1.54) is 30.0 Å². The summed E-state index contributed by atoms with van der Waals surface area (Å²) in [5.74, 6) is 1.03. The van der Waals surface area contributed by atoms with Crippen LogP contribution in [-0.2, 0) is 6.42 Å². The van der Waals surface area contributed by atoms with E-state index in [1.807, 2.05) is 0 Å². The van der Waals surface area contributed by atoms with Crippen LogP contribution < -0.4 is 4.74 Å². The van der Waals surface area contributed by atoms with Gasteiger partial charge >= 0.3 is 0 Å². The third kappa shape index (κ3) is 5.87. The summed E-state index contributed by atoms with van der Waals surface area (Å²) in [4.78, 5) is 0. The molecule has 0 radical (unpaired) electrons. The third-order valence-corrected chi connectivity index (χ3v) is 11.8. The maximum atomic E-state index is 5.37. The standard InChI is InChI=1S/C15H28OSi2/c1-13-8-9-14(11-15(13)16-2)7-6-10-17-12-18(3,4)5/h8-9,11H,6-7,10,12,17H2,1-5H3. The minimum absolute atomic E-state index is 0.199. The number of methoxy groups -OCH3 is 1. The van der Waals surface area contributed by atoms with Gasteiger partial charge in [0.2, 0.25) is 0 Å². The van der Waals surface area contributed by atoms with Gasteiger partial charge in [0.15, 0.2) is 0 Å². The second-order valence-corrected chi connectivity index (χ2v) is 15.0. The third-order valence-electron chi connectivity index (χ3n) is 3.36. The number of hydrogen-bond acceptors (Lipinski definition) is 1. The first-order valence-corrected chi connectivity index (χ1v) is 12.8. The zero-order valence-electron chi connectivity index (χ0n) is 12.7. The first-order valence-electron chi connectivity index (χ1n) is 7.06. The molecular weight excluding hydrogens is 252 g/mol. The minimum Gasteiger partial charge on any atom is -0.496 e. The van der Waals surface area contributed by atoms with Crippen LogP contribution in [0, 0.1) is 6.92 Å². The summed E-state index contributed by atoms with van der Waals surface area (Å²) in [5.41, 5.74) is 4.26. The zero-order valence-corrected chi connectivity index (χ0v) is 15.1. The van der Waals surface area contributed by atoms with Gasteiger partial charge in [0.1, 0.15) is 5.75 Å². The molecule has 0 saturated heterocycles. The van der Waals surface area contributed by atoms with E-state index in [-0.39, 0.29) is 9.52 Å². The molecule has 0 saturated carbocycles. The van der Waals surface area contributed by atoms with Gasteiger partial charge in [0, 0.05) is 17.6 Å². The molecule has 0 fully saturated rings. The summed E-state index contributed by atoms with van der Waals surface area (Å²) in [6.07, 6.45) is 2.58. The molecule has 0 aliphatic heterocycles. The molecule has 102 valence electrons. The number of hydrogen-bond donors (Lipinski definition) is 0. The van der Waals surface area contributed by atoms with Crippen LogP contribution in [0.3, 0.4) is 0 Å². The Labute approximate surface area is 116 Å². The Morgan fingerprint density at radius 2 is 1.94 bits per heavy atom. The van der Waals surface area contributed by atoms with Gasteiger partial charge in [0.25, 0.3) is 0 Å². The molecule has 1 aromatic rings. The normalized spacial score (nSPS) is 12.3. The topological polar surface area (TPSA) is 9.23 Å². The summed E-state index contributed by atoms with van der Waals surface area (Å²) < 4.78 is 5.37. The molecule has 1 rings (SSSR count). The Bertz CT molecular complexity index is 369. The van der Waals surface area contributed by atoms with Gasteiger partial charge in [-0.05, 0) is 30.5 Å². The Morgan fingerprint density at radius 3 is 2.56 bits per heavy atom. The van der Waals surface area contributed by atoms with Gasteiger partial charge in [-0.25, -0.2) is 0 Å². The van der Waals surface area contributed by atoms with Crippen molar-refractivity contribution in [2.24, 2.45) is 0 Å². The lowest BCUT2D eigenvalue weighted by molar-refractivity contribution is 0.411. The van der Waals surface area contributed by atoms with E-state index in [1.54, 1.807) is 12.8 Å². The largest absolute Gasteiger partial charge is 0.496 e. The van der Waals surface area contributed by atoms with Crippen molar-refractivity contribution < 1.29 is 4.74 Å². The molecule has 0 heterocycles. The number of ether oxygens (including phenoxy) is 1. The lowest BCUT2D eigenvalue weighted by Crippen LogP contribution is -2.22. The SMILES string of the molecule is COc1cc(CCC[SiH2]C[Si](C)(C)C)ccc1C. The summed E-state index contributed by atoms with van der Waals surface area (Å²) in [7, 11) is 1.19. The van der Waals surface area contributed by atoms with Gasteiger partial charge in [-0.2, -0.15) is 0 Å². The molecule has 0 amide bonds. The molecule has 0 aromatic heterocycles. The van der Waals surface area contributed by atoms with Crippen LogP contribution in [0.25, 0.3) is 0 Å². The van der Waals surface area contributed by atoms with Crippen LogP contribution in [0.1, 0.15) is 17.5 Å². The summed E-state index contributed by atoms with van der Waals surface area (Å²) >= 11 is 0. The van der Waals surface area contributed by atoms with Gasteiger partial charge < -0.3 is 4.74 Å². The zero-order chi connectivity index (χ0) is 13.6. The number of rotatable bonds is 7. The average Bonchev–Trinajstić information content (AvgIpc) is 2.29. The highest BCUT2D eigenvalue weighted by Crippen LogP contribution is 2.20. The molecule has 1 nitrogen and oxygen atoms in total. The molecule has 0 spiro atoms. The summed E-state index contributed by atoms with van der Waals surface area (Å²) in [6, 6.07) is 8.13. The van der Waals surface area contributed by atoms with Crippen molar-refractivity contribution >= 4 is 17.6 Å². The van der Waals surface area contributed by atoms with Gasteiger partial charge in [0.05, 0.1) is 7.11 Å². The molecule has 0 bridgehead atoms. The smallest absolute Gasteiger partial charge is 0.122 e. The van der Waals surface area contributed by atoms with E-state index in [0.717, 1.165) is 5.75 Å². The van der Waals surface area contributed by atoms with Crippen LogP contribution in [0.15, 0.2) is 18.2 Å². The fourth-order valence-electron chi connectivity index (χ4n) is 2.18. The van der Waals surface area contributed by atoms with Gasteiger partial charge in [-0.3, -0.25) is 0 Å². The maximum Gasteiger partial charge on any atom is 0.122 e. The molecule has 0 unspecified atom stereocenters. The first kappa shape index (κ1) is 15.5. The molecule has 0 aliphatic carbocycles. The molecule has 18 heavy (non-hydrogen) atoms. The first-order chi connectivity index (χ1) is 8.42. The monoisotopic (exact) mass is 280 g/mol. The Hall–Kier alpha value is -0.546. The summed E-state index contributed by atoms with van der Waals surface area (Å²) in [6.45, 7) is 9.57. The maximum absolute atomic E-state index is 5.37. The second kappa shape index (κ2) is 7.14. The van der Waals surface area contributed by atoms with Gasteiger partial charge in [-0.15, -0.1) is 0 Å². The van der Waals surface area contributed by atoms with Crippen molar-refractivity contribution in [2.75, 3.05) is 7.11 Å². The van der Waals surface area contributed by atoms with E-state index in [9.17, 15) is 0 Å². The van der Waals surface area contributed by atoms with E-state index >= 15 is 0 Å². The lowest BCUT2D eigenvalue weighted by atomic mass is 10.1. The van der Waals surface area contributed by atoms with Crippen molar-refractivity contribution in [1.29, 1.82) is 0 Å². The molecule has 3 heteroatoms. The lowest BCUT2D eigenvalue weighted by Gasteiger charge is -2.14.